The van der Waals surface area contributed by atoms with Crippen molar-refractivity contribution in [1.29, 1.82) is 0 Å². The molecular weight excluding hydrogens is 198 g/mol. The van der Waals surface area contributed by atoms with Crippen molar-refractivity contribution in [3.63, 3.8) is 0 Å². The Hall–Kier alpha value is -1.77. The first-order valence-electron chi connectivity index (χ1n) is 5.31. The van der Waals surface area contributed by atoms with E-state index in [0.717, 1.165) is 23.5 Å². The SMILES string of the molecule is C/C=C(\NCC)c1ncc(N)cc1C.C=C. The quantitative estimate of drug-likeness (QED) is 0.768. The van der Waals surface area contributed by atoms with Crippen molar-refractivity contribution in [2.24, 2.45) is 0 Å². The Morgan fingerprint density at radius 3 is 2.62 bits per heavy atom. The molecule has 3 N–H and O–H groups in total. The molecule has 3 nitrogen and oxygen atoms in total. The first-order valence-corrected chi connectivity index (χ1v) is 5.31. The van der Waals surface area contributed by atoms with Crippen LogP contribution in [-0.2, 0) is 0 Å². The van der Waals surface area contributed by atoms with Gasteiger partial charge in [-0.05, 0) is 32.4 Å². The third kappa shape index (κ3) is 3.77. The van der Waals surface area contributed by atoms with Gasteiger partial charge in [-0.25, -0.2) is 0 Å². The normalized spacial score (nSPS) is 10.3. The van der Waals surface area contributed by atoms with E-state index in [1.807, 2.05) is 26.0 Å². The van der Waals surface area contributed by atoms with E-state index in [-0.39, 0.29) is 0 Å². The Morgan fingerprint density at radius 1 is 1.56 bits per heavy atom. The van der Waals surface area contributed by atoms with Crippen molar-refractivity contribution in [2.75, 3.05) is 12.3 Å². The van der Waals surface area contributed by atoms with E-state index in [2.05, 4.69) is 30.4 Å². The summed E-state index contributed by atoms with van der Waals surface area (Å²) in [5.74, 6) is 0. The molecule has 16 heavy (non-hydrogen) atoms. The lowest BCUT2D eigenvalue weighted by molar-refractivity contribution is 0.926. The third-order valence-electron chi connectivity index (χ3n) is 2.01. The van der Waals surface area contributed by atoms with Crippen LogP contribution in [0.3, 0.4) is 0 Å². The fourth-order valence-electron chi connectivity index (χ4n) is 1.39. The highest BCUT2D eigenvalue weighted by atomic mass is 14.9. The molecule has 0 bridgehead atoms. The van der Waals surface area contributed by atoms with Crippen LogP contribution in [-0.4, -0.2) is 11.5 Å². The third-order valence-corrected chi connectivity index (χ3v) is 2.01. The molecule has 0 aromatic carbocycles. The Bertz CT molecular complexity index is 356. The second kappa shape index (κ2) is 7.51. The van der Waals surface area contributed by atoms with Crippen molar-refractivity contribution >= 4 is 11.4 Å². The lowest BCUT2D eigenvalue weighted by Crippen LogP contribution is -2.13. The zero-order valence-corrected chi connectivity index (χ0v) is 10.4. The molecule has 0 aliphatic rings. The van der Waals surface area contributed by atoms with Crippen LogP contribution in [0.15, 0.2) is 31.5 Å². The van der Waals surface area contributed by atoms with Crippen LogP contribution in [0.4, 0.5) is 5.69 Å². The topological polar surface area (TPSA) is 50.9 Å². The van der Waals surface area contributed by atoms with E-state index in [1.54, 1.807) is 6.20 Å². The summed E-state index contributed by atoms with van der Waals surface area (Å²) in [5, 5.41) is 3.27. The Morgan fingerprint density at radius 2 is 2.19 bits per heavy atom. The maximum atomic E-state index is 5.64. The van der Waals surface area contributed by atoms with Crippen molar-refractivity contribution in [2.45, 2.75) is 20.8 Å². The van der Waals surface area contributed by atoms with Crippen molar-refractivity contribution < 1.29 is 0 Å². The molecule has 1 heterocycles. The number of nitrogens with zero attached hydrogens (tertiary/aromatic N) is 1. The van der Waals surface area contributed by atoms with Gasteiger partial charge < -0.3 is 11.1 Å². The molecule has 0 spiro atoms. The average Bonchev–Trinajstić information content (AvgIpc) is 2.29. The molecule has 3 heteroatoms. The summed E-state index contributed by atoms with van der Waals surface area (Å²) in [7, 11) is 0. The highest BCUT2D eigenvalue weighted by Crippen LogP contribution is 2.15. The van der Waals surface area contributed by atoms with Crippen molar-refractivity contribution in [1.82, 2.24) is 10.3 Å². The zero-order valence-electron chi connectivity index (χ0n) is 10.4. The largest absolute Gasteiger partial charge is 0.397 e. The standard InChI is InChI=1S/C11H17N3.C2H4/c1-4-10(13-5-2)11-8(3)6-9(12)7-14-11;1-2/h4,6-7,13H,5,12H2,1-3H3;1-2H2/b10-4-;. The number of aromatic nitrogens is 1. The molecular formula is C13H21N3. The number of nitrogen functional groups attached to an aromatic ring is 1. The van der Waals surface area contributed by atoms with Gasteiger partial charge in [0, 0.05) is 6.54 Å². The van der Waals surface area contributed by atoms with Gasteiger partial charge in [-0.2, -0.15) is 0 Å². The Balaban J connectivity index is 0.00000106. The minimum atomic E-state index is 0.707. The summed E-state index contributed by atoms with van der Waals surface area (Å²) in [4.78, 5) is 4.31. The van der Waals surface area contributed by atoms with Gasteiger partial charge in [0.2, 0.25) is 0 Å². The van der Waals surface area contributed by atoms with Gasteiger partial charge in [0.25, 0.3) is 0 Å². The first-order chi connectivity index (χ1) is 7.69. The smallest absolute Gasteiger partial charge is 0.0888 e. The van der Waals surface area contributed by atoms with Gasteiger partial charge in [-0.1, -0.05) is 6.08 Å². The summed E-state index contributed by atoms with van der Waals surface area (Å²) in [5.41, 5.74) is 9.48. The molecule has 0 aliphatic carbocycles. The molecule has 0 aliphatic heterocycles. The number of anilines is 1. The molecule has 0 fully saturated rings. The Kier molecular flexibility index (Phi) is 6.68. The minimum absolute atomic E-state index is 0.707. The van der Waals surface area contributed by atoms with E-state index < -0.39 is 0 Å². The molecule has 0 atom stereocenters. The second-order valence-corrected chi connectivity index (χ2v) is 3.17. The summed E-state index contributed by atoms with van der Waals surface area (Å²) in [6.45, 7) is 13.0. The van der Waals surface area contributed by atoms with Crippen LogP contribution in [0.25, 0.3) is 5.70 Å². The van der Waals surface area contributed by atoms with E-state index in [1.165, 1.54) is 0 Å². The lowest BCUT2D eigenvalue weighted by atomic mass is 10.1. The number of hydrogen-bond donors (Lipinski definition) is 2. The first kappa shape index (κ1) is 14.2. The maximum Gasteiger partial charge on any atom is 0.0888 e. The number of nitrogens with one attached hydrogen (secondary N) is 1. The van der Waals surface area contributed by atoms with Crippen LogP contribution in [0.5, 0.6) is 0 Å². The highest BCUT2D eigenvalue weighted by Gasteiger charge is 2.04. The zero-order chi connectivity index (χ0) is 12.6. The average molecular weight is 219 g/mol. The monoisotopic (exact) mass is 219 g/mol. The number of rotatable bonds is 3. The van der Waals surface area contributed by atoms with Crippen molar-refractivity contribution in [3.05, 3.63) is 42.8 Å². The van der Waals surface area contributed by atoms with E-state index in [4.69, 9.17) is 5.73 Å². The van der Waals surface area contributed by atoms with Crippen molar-refractivity contribution in [3.8, 4) is 0 Å². The highest BCUT2D eigenvalue weighted by molar-refractivity contribution is 5.64. The summed E-state index contributed by atoms with van der Waals surface area (Å²) < 4.78 is 0. The predicted molar refractivity (Wildman–Crippen MR) is 72.0 cm³/mol. The minimum Gasteiger partial charge on any atom is -0.397 e. The molecule has 1 rings (SSSR count). The fraction of sp³-hybridized carbons (Fsp3) is 0.308. The number of allylic oxidation sites excluding steroid dienone is 1. The summed E-state index contributed by atoms with van der Waals surface area (Å²) in [6.07, 6.45) is 3.71. The molecule has 88 valence electrons. The van der Waals surface area contributed by atoms with Crippen LogP contribution in [0.1, 0.15) is 25.1 Å². The van der Waals surface area contributed by atoms with Gasteiger partial charge in [0.1, 0.15) is 0 Å². The maximum absolute atomic E-state index is 5.64. The number of pyridine rings is 1. The predicted octanol–water partition coefficient (Wildman–Crippen LogP) is 2.74. The molecule has 0 radical (unpaired) electrons. The van der Waals surface area contributed by atoms with Gasteiger partial charge in [-0.3, -0.25) is 4.98 Å². The van der Waals surface area contributed by atoms with Gasteiger partial charge >= 0.3 is 0 Å². The van der Waals surface area contributed by atoms with E-state index in [9.17, 15) is 0 Å². The van der Waals surface area contributed by atoms with Gasteiger partial charge in [-0.15, -0.1) is 13.2 Å². The molecule has 1 aromatic heterocycles. The van der Waals surface area contributed by atoms with Crippen LogP contribution < -0.4 is 11.1 Å². The molecule has 0 saturated heterocycles. The molecule has 1 aromatic rings. The Labute approximate surface area is 98.1 Å². The summed E-state index contributed by atoms with van der Waals surface area (Å²) in [6, 6.07) is 1.93. The number of hydrogen-bond acceptors (Lipinski definition) is 3. The molecule has 0 unspecified atom stereocenters. The second-order valence-electron chi connectivity index (χ2n) is 3.17. The molecule has 0 amide bonds. The van der Waals surface area contributed by atoms with Crippen LogP contribution in [0, 0.1) is 6.92 Å². The van der Waals surface area contributed by atoms with E-state index >= 15 is 0 Å². The molecule has 0 saturated carbocycles. The number of aryl methyl sites for hydroxylation is 1. The van der Waals surface area contributed by atoms with Crippen LogP contribution >= 0.6 is 0 Å². The lowest BCUT2D eigenvalue weighted by Gasteiger charge is -2.10. The van der Waals surface area contributed by atoms with Gasteiger partial charge in [0.05, 0.1) is 23.3 Å². The van der Waals surface area contributed by atoms with Gasteiger partial charge in [0.15, 0.2) is 0 Å². The fourth-order valence-corrected chi connectivity index (χ4v) is 1.39. The van der Waals surface area contributed by atoms with E-state index in [0.29, 0.717) is 5.69 Å². The van der Waals surface area contributed by atoms with Crippen LogP contribution in [0.2, 0.25) is 0 Å². The number of nitrogens with two attached hydrogens (primary N) is 1. The summed E-state index contributed by atoms with van der Waals surface area (Å²) >= 11 is 0.